The van der Waals surface area contributed by atoms with Gasteiger partial charge < -0.3 is 0 Å². The van der Waals surface area contributed by atoms with Crippen molar-refractivity contribution in [3.63, 3.8) is 0 Å². The molecule has 0 spiro atoms. The fraction of sp³-hybridized carbons (Fsp3) is 0.333. The molecule has 0 aliphatic carbocycles. The van der Waals surface area contributed by atoms with Crippen molar-refractivity contribution in [2.45, 2.75) is 13.1 Å². The Kier molecular flexibility index (Phi) is 8.40. The van der Waals surface area contributed by atoms with Gasteiger partial charge in [-0.05, 0) is 0 Å². The first-order valence-corrected chi connectivity index (χ1v) is 17.9. The maximum absolute atomic E-state index is 2.34. The van der Waals surface area contributed by atoms with Gasteiger partial charge in [-0.1, -0.05) is 0 Å². The summed E-state index contributed by atoms with van der Waals surface area (Å²) in [6, 6.07) is 18.0. The van der Waals surface area contributed by atoms with Gasteiger partial charge in [0.1, 0.15) is 0 Å². The Balaban J connectivity index is 1.98. The van der Waals surface area contributed by atoms with Crippen LogP contribution >= 0.6 is 0 Å². The Morgan fingerprint density at radius 3 is 1.43 bits per heavy atom. The Morgan fingerprint density at radius 2 is 1.04 bits per heavy atom. The summed E-state index contributed by atoms with van der Waals surface area (Å²) in [7, 11) is 8.60. The monoisotopic (exact) mass is 508 g/mol. The van der Waals surface area contributed by atoms with Crippen LogP contribution in [0.5, 0.6) is 0 Å². The molecule has 0 N–H and O–H groups in total. The maximum atomic E-state index is 2.34. The summed E-state index contributed by atoms with van der Waals surface area (Å²) >= 11 is 1.99. The zero-order chi connectivity index (χ0) is 16.7. The van der Waals surface area contributed by atoms with Crippen LogP contribution in [0, 0.1) is 0 Å². The second-order valence-corrected chi connectivity index (χ2v) is 21.6. The van der Waals surface area contributed by atoms with Crippen molar-refractivity contribution in [1.29, 1.82) is 0 Å². The minimum absolute atomic E-state index is 0.630. The predicted octanol–water partition coefficient (Wildman–Crippen LogP) is 0.703. The first-order chi connectivity index (χ1) is 11.1. The molecule has 2 aromatic carbocycles. The van der Waals surface area contributed by atoms with E-state index < -0.39 is 0 Å². The summed E-state index contributed by atoms with van der Waals surface area (Å²) in [5.74, 6) is 0. The summed E-state index contributed by atoms with van der Waals surface area (Å²) in [6.07, 6.45) is 0. The molecule has 124 valence electrons. The van der Waals surface area contributed by atoms with Crippen LogP contribution in [0.15, 0.2) is 48.5 Å². The standard InChI is InChI=1S/C18H24N2Se3/c1-19(2)13-15-9-5-7-11-17(15)21-23-22-18-12-8-6-10-16(18)14-20(3)4/h5-12H,13-14H2,1-4H3. The SMILES string of the molecule is CN(C)Cc1ccccc1[Se][Se][Se]c1ccccc1CN(C)C. The molecule has 0 aliphatic rings. The van der Waals surface area contributed by atoms with Crippen molar-refractivity contribution in [2.24, 2.45) is 0 Å². The van der Waals surface area contributed by atoms with E-state index in [0.717, 1.165) is 24.4 Å². The van der Waals surface area contributed by atoms with Gasteiger partial charge in [0.2, 0.25) is 0 Å². The fourth-order valence-corrected chi connectivity index (χ4v) is 19.9. The van der Waals surface area contributed by atoms with Gasteiger partial charge in [0.05, 0.1) is 0 Å². The molecule has 0 aromatic heterocycles. The van der Waals surface area contributed by atoms with Crippen LogP contribution in [0.1, 0.15) is 11.1 Å². The van der Waals surface area contributed by atoms with Gasteiger partial charge >= 0.3 is 157 Å². The van der Waals surface area contributed by atoms with E-state index in [0.29, 0.717) is 26.3 Å². The molecule has 0 unspecified atom stereocenters. The van der Waals surface area contributed by atoms with Gasteiger partial charge in [0, 0.05) is 0 Å². The molecule has 0 atom stereocenters. The Labute approximate surface area is 156 Å². The van der Waals surface area contributed by atoms with Crippen molar-refractivity contribution in [3.8, 4) is 0 Å². The summed E-state index contributed by atoms with van der Waals surface area (Å²) < 4.78 is 3.20. The van der Waals surface area contributed by atoms with E-state index in [2.05, 4.69) is 86.5 Å². The normalized spacial score (nSPS) is 11.4. The Bertz CT molecular complexity index is 561. The van der Waals surface area contributed by atoms with Crippen molar-refractivity contribution in [3.05, 3.63) is 59.7 Å². The fourth-order valence-electron chi connectivity index (χ4n) is 2.20. The second-order valence-electron chi connectivity index (χ2n) is 5.93. The molecule has 2 rings (SSSR count). The molecule has 2 aromatic rings. The van der Waals surface area contributed by atoms with E-state index >= 15 is 0 Å². The summed E-state index contributed by atoms with van der Waals surface area (Å²) in [5.41, 5.74) is 3.02. The van der Waals surface area contributed by atoms with Gasteiger partial charge in [-0.2, -0.15) is 0 Å². The van der Waals surface area contributed by atoms with E-state index in [1.165, 1.54) is 11.1 Å². The molecule has 0 bridgehead atoms. The van der Waals surface area contributed by atoms with Gasteiger partial charge in [-0.3, -0.25) is 0 Å². The molecule has 0 heterocycles. The number of benzene rings is 2. The van der Waals surface area contributed by atoms with Crippen LogP contribution in [0.2, 0.25) is 0 Å². The molecular formula is C18H24N2Se3. The number of rotatable bonds is 8. The zero-order valence-electron chi connectivity index (χ0n) is 14.2. The zero-order valence-corrected chi connectivity index (χ0v) is 19.3. The molecule has 2 nitrogen and oxygen atoms in total. The van der Waals surface area contributed by atoms with Crippen LogP contribution in [0.4, 0.5) is 0 Å². The molecule has 0 aliphatic heterocycles. The molecule has 0 saturated carbocycles. The van der Waals surface area contributed by atoms with Crippen LogP contribution in [0.25, 0.3) is 0 Å². The van der Waals surface area contributed by atoms with Crippen molar-refractivity contribution in [2.75, 3.05) is 28.2 Å². The van der Waals surface area contributed by atoms with Crippen molar-refractivity contribution < 1.29 is 0 Å². The predicted molar refractivity (Wildman–Crippen MR) is 104 cm³/mol. The summed E-state index contributed by atoms with van der Waals surface area (Å²) in [6.45, 7) is 2.11. The molecule has 5 heteroatoms. The van der Waals surface area contributed by atoms with E-state index in [1.54, 1.807) is 8.92 Å². The van der Waals surface area contributed by atoms with Crippen molar-refractivity contribution >= 4 is 46.5 Å². The molecule has 23 heavy (non-hydrogen) atoms. The van der Waals surface area contributed by atoms with E-state index in [4.69, 9.17) is 0 Å². The molecule has 0 fully saturated rings. The van der Waals surface area contributed by atoms with Gasteiger partial charge in [0.25, 0.3) is 0 Å². The topological polar surface area (TPSA) is 6.48 Å². The minimum atomic E-state index is 0.630. The molecule has 0 amide bonds. The van der Waals surface area contributed by atoms with Crippen LogP contribution in [-0.2, 0) is 13.1 Å². The third kappa shape index (κ3) is 6.74. The van der Waals surface area contributed by atoms with E-state index in [9.17, 15) is 0 Å². The first kappa shape index (κ1) is 19.2. The quantitative estimate of drug-likeness (QED) is 0.488. The molecule has 0 saturated heterocycles. The average Bonchev–Trinajstić information content (AvgIpc) is 2.49. The first-order valence-electron chi connectivity index (χ1n) is 7.52. The third-order valence-electron chi connectivity index (χ3n) is 3.17. The second kappa shape index (κ2) is 10.0. The number of hydrogen-bond donors (Lipinski definition) is 0. The van der Waals surface area contributed by atoms with Crippen LogP contribution in [-0.4, -0.2) is 75.6 Å². The van der Waals surface area contributed by atoms with Crippen LogP contribution < -0.4 is 8.92 Å². The molecular weight excluding hydrogens is 481 g/mol. The summed E-state index contributed by atoms with van der Waals surface area (Å²) in [4.78, 5) is 4.53. The Hall–Kier alpha value is -0.0816. The Morgan fingerprint density at radius 1 is 0.652 bits per heavy atom. The number of hydrogen-bond acceptors (Lipinski definition) is 2. The van der Waals surface area contributed by atoms with Crippen molar-refractivity contribution in [1.82, 2.24) is 9.80 Å². The van der Waals surface area contributed by atoms with Gasteiger partial charge in [-0.25, -0.2) is 0 Å². The van der Waals surface area contributed by atoms with E-state index in [1.807, 2.05) is 0 Å². The van der Waals surface area contributed by atoms with Crippen LogP contribution in [0.3, 0.4) is 0 Å². The van der Waals surface area contributed by atoms with Gasteiger partial charge in [-0.15, -0.1) is 0 Å². The average molecular weight is 505 g/mol. The molecule has 0 radical (unpaired) electrons. The summed E-state index contributed by atoms with van der Waals surface area (Å²) in [5, 5.41) is 0. The van der Waals surface area contributed by atoms with Gasteiger partial charge in [0.15, 0.2) is 0 Å². The number of nitrogens with zero attached hydrogens (tertiary/aromatic N) is 2. The van der Waals surface area contributed by atoms with E-state index in [-0.39, 0.29) is 0 Å². The third-order valence-corrected chi connectivity index (χ3v) is 19.0.